The van der Waals surface area contributed by atoms with Crippen LogP contribution in [0.1, 0.15) is 11.1 Å². The van der Waals surface area contributed by atoms with Crippen molar-refractivity contribution in [2.75, 3.05) is 16.9 Å². The highest BCUT2D eigenvalue weighted by atomic mass is 16.6. The number of nitro benzene ring substituents is 1. The number of hydrogen-bond acceptors (Lipinski definition) is 6. The van der Waals surface area contributed by atoms with Crippen LogP contribution in [0, 0.1) is 17.0 Å². The van der Waals surface area contributed by atoms with Crippen molar-refractivity contribution >= 4 is 40.9 Å². The van der Waals surface area contributed by atoms with E-state index in [0.717, 1.165) is 10.6 Å². The molecule has 176 valence electrons. The molecule has 0 aliphatic carbocycles. The number of hydrogen-bond donors (Lipinski definition) is 2. The summed E-state index contributed by atoms with van der Waals surface area (Å²) in [6.07, 6.45) is 1.21. The lowest BCUT2D eigenvalue weighted by molar-refractivity contribution is -0.385. The zero-order valence-corrected chi connectivity index (χ0v) is 18.6. The molecule has 4 rings (SSSR count). The summed E-state index contributed by atoms with van der Waals surface area (Å²) in [7, 11) is 0. The van der Waals surface area contributed by atoms with Crippen LogP contribution in [0.4, 0.5) is 17.1 Å². The highest BCUT2D eigenvalue weighted by molar-refractivity contribution is 6.31. The van der Waals surface area contributed by atoms with E-state index in [1.165, 1.54) is 24.3 Å². The molecule has 0 saturated carbocycles. The molecule has 1 aliphatic rings. The Morgan fingerprint density at radius 2 is 1.77 bits per heavy atom. The lowest BCUT2D eigenvalue weighted by Crippen LogP contribution is -2.35. The SMILES string of the molecule is Cc1ccc(NC(=O)COc2c(C=C3C(=O)NN(c4ccccc4)C3=O)cccc2[N+](=O)[O-])cc1. The van der Waals surface area contributed by atoms with Gasteiger partial charge in [-0.3, -0.25) is 29.9 Å². The molecule has 3 amide bonds. The largest absolute Gasteiger partial charge is 0.476 e. The average molecular weight is 472 g/mol. The number of nitrogens with zero attached hydrogens (tertiary/aromatic N) is 2. The quantitative estimate of drug-likeness (QED) is 0.235. The Hall–Kier alpha value is -4.99. The van der Waals surface area contributed by atoms with Crippen molar-refractivity contribution in [3.63, 3.8) is 0 Å². The molecule has 0 radical (unpaired) electrons. The second kappa shape index (κ2) is 9.87. The highest BCUT2D eigenvalue weighted by Gasteiger charge is 2.35. The summed E-state index contributed by atoms with van der Waals surface area (Å²) in [5.41, 5.74) is 3.95. The molecule has 3 aromatic carbocycles. The molecule has 2 N–H and O–H groups in total. The Bertz CT molecular complexity index is 1340. The summed E-state index contributed by atoms with van der Waals surface area (Å²) in [6.45, 7) is 1.39. The molecule has 10 nitrogen and oxygen atoms in total. The van der Waals surface area contributed by atoms with Crippen LogP contribution in [-0.4, -0.2) is 29.3 Å². The van der Waals surface area contributed by atoms with Gasteiger partial charge in [-0.05, 0) is 37.3 Å². The van der Waals surface area contributed by atoms with E-state index in [1.807, 2.05) is 19.1 Å². The molecule has 1 saturated heterocycles. The van der Waals surface area contributed by atoms with Crippen LogP contribution in [0.5, 0.6) is 5.75 Å². The van der Waals surface area contributed by atoms with Crippen LogP contribution in [-0.2, 0) is 14.4 Å². The minimum absolute atomic E-state index is 0.107. The number of anilines is 2. The third kappa shape index (κ3) is 5.17. The first-order valence-electron chi connectivity index (χ1n) is 10.5. The van der Waals surface area contributed by atoms with Crippen molar-refractivity contribution in [1.29, 1.82) is 0 Å². The van der Waals surface area contributed by atoms with Crippen molar-refractivity contribution in [1.82, 2.24) is 5.43 Å². The van der Waals surface area contributed by atoms with Crippen LogP contribution < -0.4 is 20.5 Å². The molecule has 10 heteroatoms. The van der Waals surface area contributed by atoms with Crippen molar-refractivity contribution in [2.45, 2.75) is 6.92 Å². The average Bonchev–Trinajstić information content (AvgIpc) is 3.13. The topological polar surface area (TPSA) is 131 Å². The van der Waals surface area contributed by atoms with Crippen LogP contribution in [0.15, 0.2) is 78.4 Å². The van der Waals surface area contributed by atoms with Gasteiger partial charge in [0.05, 0.1) is 10.6 Å². The van der Waals surface area contributed by atoms with Crippen molar-refractivity contribution in [2.24, 2.45) is 0 Å². The van der Waals surface area contributed by atoms with Gasteiger partial charge in [-0.15, -0.1) is 0 Å². The predicted molar refractivity (Wildman–Crippen MR) is 128 cm³/mol. The lowest BCUT2D eigenvalue weighted by Gasteiger charge is -2.14. The smallest absolute Gasteiger partial charge is 0.311 e. The Labute approximate surface area is 199 Å². The molecule has 0 atom stereocenters. The lowest BCUT2D eigenvalue weighted by atomic mass is 10.1. The van der Waals surface area contributed by atoms with Gasteiger partial charge in [0.2, 0.25) is 5.75 Å². The van der Waals surface area contributed by atoms with Gasteiger partial charge >= 0.3 is 5.69 Å². The van der Waals surface area contributed by atoms with Gasteiger partial charge in [0.25, 0.3) is 17.7 Å². The number of nitrogens with one attached hydrogen (secondary N) is 2. The Morgan fingerprint density at radius 1 is 1.06 bits per heavy atom. The van der Waals surface area contributed by atoms with E-state index in [4.69, 9.17) is 4.74 Å². The number of nitro groups is 1. The summed E-state index contributed by atoms with van der Waals surface area (Å²) in [5, 5.41) is 15.3. The monoisotopic (exact) mass is 472 g/mol. The Balaban J connectivity index is 1.59. The molecule has 1 fully saturated rings. The molecule has 35 heavy (non-hydrogen) atoms. The first-order chi connectivity index (χ1) is 16.8. The van der Waals surface area contributed by atoms with Crippen molar-refractivity contribution < 1.29 is 24.0 Å². The summed E-state index contributed by atoms with van der Waals surface area (Å²) < 4.78 is 5.52. The zero-order chi connectivity index (χ0) is 24.9. The summed E-state index contributed by atoms with van der Waals surface area (Å²) in [5.74, 6) is -2.07. The number of aryl methyl sites for hydroxylation is 1. The molecule has 3 aromatic rings. The van der Waals surface area contributed by atoms with Crippen LogP contribution in [0.25, 0.3) is 6.08 Å². The number of carbonyl (C=O) groups excluding carboxylic acids is 3. The number of rotatable bonds is 7. The molecule has 0 bridgehead atoms. The molecule has 1 aliphatic heterocycles. The van der Waals surface area contributed by atoms with Gasteiger partial charge in [-0.2, -0.15) is 0 Å². The maximum Gasteiger partial charge on any atom is 0.311 e. The fraction of sp³-hybridized carbons (Fsp3) is 0.0800. The summed E-state index contributed by atoms with van der Waals surface area (Å²) >= 11 is 0. The van der Waals surface area contributed by atoms with Crippen molar-refractivity contribution in [3.8, 4) is 5.75 Å². The van der Waals surface area contributed by atoms with Gasteiger partial charge in [-0.25, -0.2) is 5.01 Å². The maximum absolute atomic E-state index is 12.9. The Kier molecular flexibility index (Phi) is 6.54. The molecule has 0 spiro atoms. The first kappa shape index (κ1) is 23.2. The molecular weight excluding hydrogens is 452 g/mol. The van der Waals surface area contributed by atoms with E-state index < -0.39 is 34.9 Å². The van der Waals surface area contributed by atoms with E-state index in [-0.39, 0.29) is 16.9 Å². The predicted octanol–water partition coefficient (Wildman–Crippen LogP) is 3.38. The fourth-order valence-electron chi connectivity index (χ4n) is 3.40. The number of ether oxygens (including phenoxy) is 1. The molecule has 0 unspecified atom stereocenters. The highest BCUT2D eigenvalue weighted by Crippen LogP contribution is 2.33. The van der Waals surface area contributed by atoms with E-state index in [0.29, 0.717) is 11.4 Å². The normalized spacial score (nSPS) is 14.1. The molecular formula is C25H20N4O6. The number of benzene rings is 3. The number of para-hydroxylation sites is 2. The van der Waals surface area contributed by atoms with E-state index in [2.05, 4.69) is 10.7 Å². The van der Waals surface area contributed by atoms with Gasteiger partial charge in [0, 0.05) is 17.3 Å². The van der Waals surface area contributed by atoms with Crippen LogP contribution in [0.3, 0.4) is 0 Å². The number of carbonyl (C=O) groups is 3. The fourth-order valence-corrected chi connectivity index (χ4v) is 3.40. The minimum Gasteiger partial charge on any atom is -0.476 e. The maximum atomic E-state index is 12.9. The Morgan fingerprint density at radius 3 is 2.46 bits per heavy atom. The van der Waals surface area contributed by atoms with Crippen LogP contribution >= 0.6 is 0 Å². The molecule has 0 aromatic heterocycles. The standard InChI is InChI=1S/C25H20N4O6/c1-16-10-12-18(13-11-16)26-22(30)15-35-23-17(6-5-9-21(23)29(33)34)14-20-24(31)27-28(25(20)32)19-7-3-2-4-8-19/h2-14H,15H2,1H3,(H,26,30)(H,27,31). The number of amides is 3. The summed E-state index contributed by atoms with van der Waals surface area (Å²) in [6, 6.07) is 19.6. The zero-order valence-electron chi connectivity index (χ0n) is 18.6. The third-order valence-corrected chi connectivity index (χ3v) is 5.11. The van der Waals surface area contributed by atoms with Crippen molar-refractivity contribution in [3.05, 3.63) is 99.6 Å². The second-order valence-corrected chi connectivity index (χ2v) is 7.63. The van der Waals surface area contributed by atoms with E-state index in [1.54, 1.807) is 42.5 Å². The second-order valence-electron chi connectivity index (χ2n) is 7.63. The van der Waals surface area contributed by atoms with Crippen LogP contribution in [0.2, 0.25) is 0 Å². The van der Waals surface area contributed by atoms with E-state index in [9.17, 15) is 24.5 Å². The van der Waals surface area contributed by atoms with Gasteiger partial charge < -0.3 is 10.1 Å². The third-order valence-electron chi connectivity index (χ3n) is 5.11. The summed E-state index contributed by atoms with van der Waals surface area (Å²) in [4.78, 5) is 48.7. The first-order valence-corrected chi connectivity index (χ1v) is 10.5. The van der Waals surface area contributed by atoms with Gasteiger partial charge in [0.15, 0.2) is 6.61 Å². The number of hydrazine groups is 1. The van der Waals surface area contributed by atoms with Gasteiger partial charge in [-0.1, -0.05) is 48.0 Å². The minimum atomic E-state index is -0.673. The van der Waals surface area contributed by atoms with E-state index >= 15 is 0 Å². The molecule has 1 heterocycles. The van der Waals surface area contributed by atoms with Gasteiger partial charge in [0.1, 0.15) is 5.57 Å².